The van der Waals surface area contributed by atoms with Gasteiger partial charge in [0.1, 0.15) is 11.5 Å². The third-order valence-corrected chi connectivity index (χ3v) is 4.53. The van der Waals surface area contributed by atoms with Gasteiger partial charge in [-0.05, 0) is 36.6 Å². The maximum Gasteiger partial charge on any atom is 0.305 e. The minimum atomic E-state index is -1.04. The predicted octanol–water partition coefficient (Wildman–Crippen LogP) is 3.08. The first-order valence-corrected chi connectivity index (χ1v) is 8.36. The number of amides is 1. The highest BCUT2D eigenvalue weighted by Gasteiger charge is 2.25. The average Bonchev–Trinajstić information content (AvgIpc) is 3.25. The quantitative estimate of drug-likeness (QED) is 0.843. The van der Waals surface area contributed by atoms with Gasteiger partial charge in [0.25, 0.3) is 5.91 Å². The van der Waals surface area contributed by atoms with Crippen LogP contribution in [0, 0.1) is 5.82 Å². The molecule has 1 atom stereocenters. The summed E-state index contributed by atoms with van der Waals surface area (Å²) in [6.45, 7) is 0. The van der Waals surface area contributed by atoms with Crippen molar-refractivity contribution >= 4 is 11.9 Å². The average molecular weight is 345 g/mol. The van der Waals surface area contributed by atoms with E-state index in [2.05, 4.69) is 10.4 Å². The predicted molar refractivity (Wildman–Crippen MR) is 88.6 cm³/mol. The van der Waals surface area contributed by atoms with Gasteiger partial charge < -0.3 is 10.4 Å². The smallest absolute Gasteiger partial charge is 0.305 e. The van der Waals surface area contributed by atoms with E-state index in [1.54, 1.807) is 16.9 Å². The largest absolute Gasteiger partial charge is 0.481 e. The van der Waals surface area contributed by atoms with E-state index in [0.717, 1.165) is 25.7 Å². The lowest BCUT2D eigenvalue weighted by molar-refractivity contribution is -0.137. The summed E-state index contributed by atoms with van der Waals surface area (Å²) in [5.74, 6) is -1.83. The van der Waals surface area contributed by atoms with Gasteiger partial charge in [0.15, 0.2) is 0 Å². The number of carbonyl (C=O) groups excluding carboxylic acids is 1. The number of carbonyl (C=O) groups is 2. The van der Waals surface area contributed by atoms with Crippen LogP contribution in [0.1, 0.15) is 60.2 Å². The number of aliphatic carboxylic acids is 1. The van der Waals surface area contributed by atoms with Gasteiger partial charge in [-0.3, -0.25) is 14.3 Å². The Kier molecular flexibility index (Phi) is 5.11. The third kappa shape index (κ3) is 4.04. The van der Waals surface area contributed by atoms with Crippen LogP contribution in [0.25, 0.3) is 0 Å². The monoisotopic (exact) mass is 345 g/mol. The Balaban J connectivity index is 1.79. The van der Waals surface area contributed by atoms with E-state index in [1.165, 1.54) is 24.3 Å². The fourth-order valence-corrected chi connectivity index (χ4v) is 3.29. The molecule has 1 unspecified atom stereocenters. The molecule has 2 N–H and O–H groups in total. The lowest BCUT2D eigenvalue weighted by atomic mass is 10.0. The molecule has 1 amide bonds. The molecule has 1 aromatic heterocycles. The van der Waals surface area contributed by atoms with Crippen molar-refractivity contribution in [2.45, 2.75) is 44.2 Å². The molecule has 0 spiro atoms. The first-order valence-electron chi connectivity index (χ1n) is 8.36. The Bertz CT molecular complexity index is 751. The number of nitrogens with zero attached hydrogens (tertiary/aromatic N) is 2. The lowest BCUT2D eigenvalue weighted by Crippen LogP contribution is -2.32. The minimum Gasteiger partial charge on any atom is -0.481 e. The lowest BCUT2D eigenvalue weighted by Gasteiger charge is -2.19. The van der Waals surface area contributed by atoms with E-state index in [1.807, 2.05) is 0 Å². The van der Waals surface area contributed by atoms with E-state index in [4.69, 9.17) is 5.11 Å². The van der Waals surface area contributed by atoms with Crippen LogP contribution in [0.15, 0.2) is 36.5 Å². The molecular weight excluding hydrogens is 325 g/mol. The zero-order valence-electron chi connectivity index (χ0n) is 13.7. The highest BCUT2D eigenvalue weighted by atomic mass is 19.1. The fourth-order valence-electron chi connectivity index (χ4n) is 3.29. The molecule has 1 heterocycles. The molecule has 2 aromatic rings. The number of carboxylic acids is 1. The van der Waals surface area contributed by atoms with E-state index in [0.29, 0.717) is 11.3 Å². The summed E-state index contributed by atoms with van der Waals surface area (Å²) < 4.78 is 14.8. The molecule has 0 radical (unpaired) electrons. The maximum absolute atomic E-state index is 13.1. The Morgan fingerprint density at radius 3 is 2.56 bits per heavy atom. The van der Waals surface area contributed by atoms with E-state index >= 15 is 0 Å². The van der Waals surface area contributed by atoms with Gasteiger partial charge in [-0.2, -0.15) is 5.10 Å². The van der Waals surface area contributed by atoms with Gasteiger partial charge in [-0.1, -0.05) is 25.0 Å². The SMILES string of the molecule is O=C(O)CC(NC(=O)c1ccnn1C1CCCC1)c1ccc(F)cc1. The zero-order valence-corrected chi connectivity index (χ0v) is 13.7. The van der Waals surface area contributed by atoms with Crippen molar-refractivity contribution in [3.05, 3.63) is 53.6 Å². The summed E-state index contributed by atoms with van der Waals surface area (Å²) in [4.78, 5) is 23.8. The van der Waals surface area contributed by atoms with Gasteiger partial charge in [-0.15, -0.1) is 0 Å². The van der Waals surface area contributed by atoms with Crippen LogP contribution in [0.5, 0.6) is 0 Å². The molecule has 1 fully saturated rings. The van der Waals surface area contributed by atoms with Crippen molar-refractivity contribution in [3.63, 3.8) is 0 Å². The van der Waals surface area contributed by atoms with Crippen LogP contribution < -0.4 is 5.32 Å². The highest BCUT2D eigenvalue weighted by molar-refractivity contribution is 5.93. The first-order chi connectivity index (χ1) is 12.0. The van der Waals surface area contributed by atoms with Gasteiger partial charge >= 0.3 is 5.97 Å². The number of hydrogen-bond acceptors (Lipinski definition) is 3. The fraction of sp³-hybridized carbons (Fsp3) is 0.389. The number of halogens is 1. The van der Waals surface area contributed by atoms with Gasteiger partial charge in [0, 0.05) is 6.20 Å². The second-order valence-electron chi connectivity index (χ2n) is 6.27. The molecular formula is C18H20FN3O3. The molecule has 1 saturated carbocycles. The number of hydrogen-bond donors (Lipinski definition) is 2. The highest BCUT2D eigenvalue weighted by Crippen LogP contribution is 2.30. The van der Waals surface area contributed by atoms with Crippen LogP contribution in [0.3, 0.4) is 0 Å². The van der Waals surface area contributed by atoms with E-state index < -0.39 is 17.8 Å². The number of rotatable bonds is 6. The van der Waals surface area contributed by atoms with Crippen LogP contribution in [-0.2, 0) is 4.79 Å². The van der Waals surface area contributed by atoms with Crippen LogP contribution in [0.2, 0.25) is 0 Å². The molecule has 25 heavy (non-hydrogen) atoms. The van der Waals surface area contributed by atoms with Crippen LogP contribution in [-0.4, -0.2) is 26.8 Å². The number of carboxylic acid groups (broad SMARTS) is 1. The molecule has 1 aliphatic rings. The standard InChI is InChI=1S/C18H20FN3O3/c19-13-7-5-12(6-8-13)15(11-17(23)24)21-18(25)16-9-10-20-22(16)14-3-1-2-4-14/h5-10,14-15H,1-4,11H2,(H,21,25)(H,23,24). The summed E-state index contributed by atoms with van der Waals surface area (Å²) >= 11 is 0. The third-order valence-electron chi connectivity index (χ3n) is 4.53. The Morgan fingerprint density at radius 1 is 1.24 bits per heavy atom. The molecule has 3 rings (SSSR count). The van der Waals surface area contributed by atoms with Gasteiger partial charge in [0.05, 0.1) is 18.5 Å². The number of aromatic nitrogens is 2. The summed E-state index contributed by atoms with van der Waals surface area (Å²) in [7, 11) is 0. The van der Waals surface area contributed by atoms with Crippen molar-refractivity contribution in [2.24, 2.45) is 0 Å². The molecule has 1 aliphatic carbocycles. The molecule has 7 heteroatoms. The van der Waals surface area contributed by atoms with Crippen molar-refractivity contribution in [1.82, 2.24) is 15.1 Å². The van der Waals surface area contributed by atoms with Crippen LogP contribution in [0.4, 0.5) is 4.39 Å². The summed E-state index contributed by atoms with van der Waals surface area (Å²) in [5.41, 5.74) is 0.966. The molecule has 0 saturated heterocycles. The van der Waals surface area contributed by atoms with Crippen molar-refractivity contribution in [1.29, 1.82) is 0 Å². The normalized spacial score (nSPS) is 15.9. The number of benzene rings is 1. The molecule has 132 valence electrons. The Labute approximate surface area is 144 Å². The van der Waals surface area contributed by atoms with Gasteiger partial charge in [-0.25, -0.2) is 4.39 Å². The Hall–Kier alpha value is -2.70. The zero-order chi connectivity index (χ0) is 17.8. The Morgan fingerprint density at radius 2 is 1.92 bits per heavy atom. The molecule has 0 aliphatic heterocycles. The van der Waals surface area contributed by atoms with E-state index in [-0.39, 0.29) is 18.4 Å². The number of nitrogens with one attached hydrogen (secondary N) is 1. The molecule has 1 aromatic carbocycles. The molecule has 0 bridgehead atoms. The van der Waals surface area contributed by atoms with Gasteiger partial charge in [0.2, 0.25) is 0 Å². The topological polar surface area (TPSA) is 84.2 Å². The van der Waals surface area contributed by atoms with Crippen molar-refractivity contribution in [3.8, 4) is 0 Å². The second-order valence-corrected chi connectivity index (χ2v) is 6.27. The maximum atomic E-state index is 13.1. The van der Waals surface area contributed by atoms with Crippen molar-refractivity contribution in [2.75, 3.05) is 0 Å². The first kappa shape index (κ1) is 17.1. The summed E-state index contributed by atoms with van der Waals surface area (Å²) in [6.07, 6.45) is 5.49. The molecule has 6 nitrogen and oxygen atoms in total. The van der Waals surface area contributed by atoms with E-state index in [9.17, 15) is 14.0 Å². The summed E-state index contributed by atoms with van der Waals surface area (Å²) in [6, 6.07) is 6.57. The second kappa shape index (κ2) is 7.46. The minimum absolute atomic E-state index is 0.208. The van der Waals surface area contributed by atoms with Crippen molar-refractivity contribution < 1.29 is 19.1 Å². The summed E-state index contributed by atoms with van der Waals surface area (Å²) in [5, 5.41) is 16.1. The van der Waals surface area contributed by atoms with Crippen LogP contribution >= 0.6 is 0 Å².